The Morgan fingerprint density at radius 2 is 2.00 bits per heavy atom. The van der Waals surface area contributed by atoms with Gasteiger partial charge in [0.2, 0.25) is 0 Å². The molecule has 0 unspecified atom stereocenters. The first-order chi connectivity index (χ1) is 8.34. The molecule has 1 aromatic heterocycles. The van der Waals surface area contributed by atoms with Crippen molar-refractivity contribution in [2.24, 2.45) is 0 Å². The van der Waals surface area contributed by atoms with Gasteiger partial charge in [0.25, 0.3) is 0 Å². The van der Waals surface area contributed by atoms with Crippen LogP contribution >= 0.6 is 11.6 Å². The number of para-hydroxylation sites is 2. The van der Waals surface area contributed by atoms with Gasteiger partial charge in [-0.1, -0.05) is 23.7 Å². The Bertz CT molecular complexity index is 540. The molecule has 88 valence electrons. The van der Waals surface area contributed by atoms with Crippen LogP contribution in [-0.2, 0) is 4.74 Å². The zero-order valence-electron chi connectivity index (χ0n) is 9.19. The lowest BCUT2D eigenvalue weighted by atomic mass is 10.2. The number of hydrogen-bond acceptors (Lipinski definition) is 4. The van der Waals surface area contributed by atoms with E-state index in [1.165, 1.54) is 0 Å². The number of halogens is 1. The van der Waals surface area contributed by atoms with Crippen LogP contribution in [0.15, 0.2) is 24.3 Å². The predicted molar refractivity (Wildman–Crippen MR) is 66.1 cm³/mol. The summed E-state index contributed by atoms with van der Waals surface area (Å²) in [4.78, 5) is 8.88. The van der Waals surface area contributed by atoms with Crippen LogP contribution in [0.2, 0.25) is 5.15 Å². The van der Waals surface area contributed by atoms with Gasteiger partial charge in [-0.15, -0.1) is 0 Å². The summed E-state index contributed by atoms with van der Waals surface area (Å²) < 4.78 is 5.64. The van der Waals surface area contributed by atoms with Gasteiger partial charge >= 0.3 is 0 Å². The molecular formula is C12H12ClN3O. The minimum absolute atomic E-state index is 0.103. The fraction of sp³-hybridized carbons (Fsp3) is 0.333. The van der Waals surface area contributed by atoms with E-state index in [-0.39, 0.29) is 6.10 Å². The Morgan fingerprint density at radius 3 is 2.71 bits per heavy atom. The van der Waals surface area contributed by atoms with Crippen molar-refractivity contribution in [1.29, 1.82) is 0 Å². The standard InChI is InChI=1S/C12H12ClN3O/c13-12-11(10-7-14-5-6-17-10)15-8-3-1-2-4-9(8)16-12/h1-4,10,14H,5-7H2/t10-/m1/s1. The van der Waals surface area contributed by atoms with Gasteiger partial charge in [0.15, 0.2) is 5.15 Å². The summed E-state index contributed by atoms with van der Waals surface area (Å²) in [6.45, 7) is 2.28. The van der Waals surface area contributed by atoms with Gasteiger partial charge in [0.05, 0.1) is 17.6 Å². The maximum absolute atomic E-state index is 6.16. The molecular weight excluding hydrogens is 238 g/mol. The summed E-state index contributed by atoms with van der Waals surface area (Å²) in [7, 11) is 0. The molecule has 4 nitrogen and oxygen atoms in total. The van der Waals surface area contributed by atoms with E-state index in [1.54, 1.807) is 0 Å². The summed E-state index contributed by atoms with van der Waals surface area (Å²) in [6.07, 6.45) is -0.103. The van der Waals surface area contributed by atoms with Gasteiger partial charge in [-0.2, -0.15) is 0 Å². The smallest absolute Gasteiger partial charge is 0.154 e. The minimum Gasteiger partial charge on any atom is -0.369 e. The maximum atomic E-state index is 6.16. The third kappa shape index (κ3) is 2.11. The number of hydrogen-bond donors (Lipinski definition) is 1. The third-order valence-electron chi connectivity index (χ3n) is 2.79. The highest BCUT2D eigenvalue weighted by atomic mass is 35.5. The zero-order valence-corrected chi connectivity index (χ0v) is 9.94. The van der Waals surface area contributed by atoms with Crippen LogP contribution in [0.25, 0.3) is 11.0 Å². The van der Waals surface area contributed by atoms with Gasteiger partial charge in [0.1, 0.15) is 11.8 Å². The van der Waals surface area contributed by atoms with E-state index in [0.717, 1.165) is 29.8 Å². The molecule has 0 saturated carbocycles. The lowest BCUT2D eigenvalue weighted by Gasteiger charge is -2.23. The number of ether oxygens (including phenoxy) is 1. The van der Waals surface area contributed by atoms with Crippen molar-refractivity contribution in [3.63, 3.8) is 0 Å². The van der Waals surface area contributed by atoms with Crippen LogP contribution in [0.1, 0.15) is 11.8 Å². The monoisotopic (exact) mass is 249 g/mol. The van der Waals surface area contributed by atoms with Crippen molar-refractivity contribution in [3.8, 4) is 0 Å². The molecule has 0 aliphatic carbocycles. The highest BCUT2D eigenvalue weighted by Crippen LogP contribution is 2.25. The minimum atomic E-state index is -0.103. The molecule has 5 heteroatoms. The van der Waals surface area contributed by atoms with Gasteiger partial charge in [-0.3, -0.25) is 0 Å². The topological polar surface area (TPSA) is 47.0 Å². The van der Waals surface area contributed by atoms with Crippen LogP contribution in [0.3, 0.4) is 0 Å². The first-order valence-corrected chi connectivity index (χ1v) is 5.97. The summed E-state index contributed by atoms with van der Waals surface area (Å²) in [6, 6.07) is 7.69. The first-order valence-electron chi connectivity index (χ1n) is 5.59. The molecule has 3 rings (SSSR count). The number of benzene rings is 1. The Kier molecular flexibility index (Phi) is 2.93. The van der Waals surface area contributed by atoms with Crippen molar-refractivity contribution in [2.45, 2.75) is 6.10 Å². The Labute approximate surface area is 104 Å². The van der Waals surface area contributed by atoms with Crippen molar-refractivity contribution < 1.29 is 4.74 Å². The van der Waals surface area contributed by atoms with Crippen LogP contribution in [0.4, 0.5) is 0 Å². The average molecular weight is 250 g/mol. The van der Waals surface area contributed by atoms with E-state index in [2.05, 4.69) is 15.3 Å². The van der Waals surface area contributed by atoms with E-state index in [4.69, 9.17) is 16.3 Å². The molecule has 2 heterocycles. The second-order valence-corrected chi connectivity index (χ2v) is 4.31. The highest BCUT2D eigenvalue weighted by Gasteiger charge is 2.21. The SMILES string of the molecule is Clc1nc2ccccc2nc1[C@H]1CNCCO1. The number of nitrogens with zero attached hydrogens (tertiary/aromatic N) is 2. The van der Waals surface area contributed by atoms with E-state index < -0.39 is 0 Å². The molecule has 1 N–H and O–H groups in total. The predicted octanol–water partition coefficient (Wildman–Crippen LogP) is 1.94. The van der Waals surface area contributed by atoms with Crippen molar-refractivity contribution in [1.82, 2.24) is 15.3 Å². The number of rotatable bonds is 1. The number of aromatic nitrogens is 2. The lowest BCUT2D eigenvalue weighted by molar-refractivity contribution is 0.0251. The van der Waals surface area contributed by atoms with Crippen LogP contribution in [0.5, 0.6) is 0 Å². The largest absolute Gasteiger partial charge is 0.369 e. The van der Waals surface area contributed by atoms with Crippen LogP contribution in [0, 0.1) is 0 Å². The second kappa shape index (κ2) is 4.56. The summed E-state index contributed by atoms with van der Waals surface area (Å²) >= 11 is 6.16. The Balaban J connectivity index is 2.06. The molecule has 0 bridgehead atoms. The van der Waals surface area contributed by atoms with E-state index in [0.29, 0.717) is 11.8 Å². The van der Waals surface area contributed by atoms with Crippen molar-refractivity contribution in [3.05, 3.63) is 35.1 Å². The van der Waals surface area contributed by atoms with Crippen LogP contribution in [-0.4, -0.2) is 29.7 Å². The molecule has 17 heavy (non-hydrogen) atoms. The zero-order chi connectivity index (χ0) is 11.7. The molecule has 1 aliphatic rings. The van der Waals surface area contributed by atoms with E-state index in [9.17, 15) is 0 Å². The molecule has 1 aliphatic heterocycles. The van der Waals surface area contributed by atoms with Gasteiger partial charge in [-0.25, -0.2) is 9.97 Å². The Hall–Kier alpha value is -1.23. The summed E-state index contributed by atoms with van der Waals surface area (Å²) in [5.41, 5.74) is 2.38. The molecule has 2 aromatic rings. The van der Waals surface area contributed by atoms with Gasteiger partial charge in [0, 0.05) is 13.1 Å². The summed E-state index contributed by atoms with van der Waals surface area (Å²) in [5.74, 6) is 0. The number of morpholine rings is 1. The molecule has 1 aromatic carbocycles. The molecule has 0 spiro atoms. The van der Waals surface area contributed by atoms with E-state index in [1.807, 2.05) is 24.3 Å². The maximum Gasteiger partial charge on any atom is 0.154 e. The van der Waals surface area contributed by atoms with Crippen LogP contribution < -0.4 is 5.32 Å². The molecule has 1 atom stereocenters. The third-order valence-corrected chi connectivity index (χ3v) is 3.06. The lowest BCUT2D eigenvalue weighted by Crippen LogP contribution is -2.34. The number of fused-ring (bicyclic) bond motifs is 1. The fourth-order valence-electron chi connectivity index (χ4n) is 1.94. The molecule has 0 radical (unpaired) electrons. The number of nitrogens with one attached hydrogen (secondary N) is 1. The normalized spacial score (nSPS) is 20.6. The molecule has 0 amide bonds. The molecule has 1 saturated heterocycles. The highest BCUT2D eigenvalue weighted by molar-refractivity contribution is 6.30. The average Bonchev–Trinajstić information content (AvgIpc) is 2.39. The Morgan fingerprint density at radius 1 is 1.24 bits per heavy atom. The van der Waals surface area contributed by atoms with Gasteiger partial charge in [-0.05, 0) is 12.1 Å². The van der Waals surface area contributed by atoms with E-state index >= 15 is 0 Å². The quantitative estimate of drug-likeness (QED) is 0.839. The second-order valence-electron chi connectivity index (χ2n) is 3.95. The first kappa shape index (κ1) is 10.9. The fourth-order valence-corrected chi connectivity index (χ4v) is 2.19. The summed E-state index contributed by atoms with van der Waals surface area (Å²) in [5, 5.41) is 3.69. The van der Waals surface area contributed by atoms with Crippen molar-refractivity contribution in [2.75, 3.05) is 19.7 Å². The van der Waals surface area contributed by atoms with Gasteiger partial charge < -0.3 is 10.1 Å². The van der Waals surface area contributed by atoms with Crippen molar-refractivity contribution >= 4 is 22.6 Å². The molecule has 1 fully saturated rings.